The van der Waals surface area contributed by atoms with Crippen LogP contribution in [0.4, 0.5) is 0 Å². The Bertz CT molecular complexity index is 741. The maximum atomic E-state index is 12.1. The Morgan fingerprint density at radius 2 is 2.19 bits per heavy atom. The molecule has 1 aromatic carbocycles. The second-order valence-corrected chi connectivity index (χ2v) is 6.59. The van der Waals surface area contributed by atoms with Crippen molar-refractivity contribution in [2.24, 2.45) is 10.9 Å². The highest BCUT2D eigenvalue weighted by Crippen LogP contribution is 2.19. The van der Waals surface area contributed by atoms with E-state index in [2.05, 4.69) is 40.3 Å². The summed E-state index contributed by atoms with van der Waals surface area (Å²) in [5.74, 6) is 0.699. The van der Waals surface area contributed by atoms with Crippen molar-refractivity contribution in [2.75, 3.05) is 26.2 Å². The van der Waals surface area contributed by atoms with E-state index >= 15 is 0 Å². The molecule has 2 aromatic rings. The lowest BCUT2D eigenvalue weighted by molar-refractivity contribution is -0.149. The maximum Gasteiger partial charge on any atom is 0.310 e. The van der Waals surface area contributed by atoms with Gasteiger partial charge in [0.25, 0.3) is 0 Å². The Labute approximate surface area is 177 Å². The summed E-state index contributed by atoms with van der Waals surface area (Å²) >= 11 is 0. The second-order valence-electron chi connectivity index (χ2n) is 6.59. The van der Waals surface area contributed by atoms with Gasteiger partial charge in [-0.05, 0) is 44.2 Å². The second kappa shape index (κ2) is 10.5. The van der Waals surface area contributed by atoms with Gasteiger partial charge in [-0.25, -0.2) is 4.99 Å². The fourth-order valence-corrected chi connectivity index (χ4v) is 3.43. The highest BCUT2D eigenvalue weighted by atomic mass is 127. The molecule has 0 bridgehead atoms. The number of nitrogens with zero attached hydrogens (tertiary/aromatic N) is 2. The van der Waals surface area contributed by atoms with Crippen LogP contribution in [0, 0.1) is 5.92 Å². The Balaban J connectivity index is 0.00000261. The minimum atomic E-state index is -0.0938. The van der Waals surface area contributed by atoms with Gasteiger partial charge in [-0.1, -0.05) is 18.2 Å². The smallest absolute Gasteiger partial charge is 0.310 e. The zero-order valence-corrected chi connectivity index (χ0v) is 18.4. The molecule has 1 fully saturated rings. The molecule has 0 spiro atoms. The van der Waals surface area contributed by atoms with Gasteiger partial charge in [-0.3, -0.25) is 4.79 Å². The molecular weight excluding hydrogens is 455 g/mol. The normalized spacial score (nSPS) is 17.5. The number of aromatic nitrogens is 1. The summed E-state index contributed by atoms with van der Waals surface area (Å²) in [5, 5.41) is 4.56. The van der Waals surface area contributed by atoms with Crippen LogP contribution in [0.3, 0.4) is 0 Å². The number of nitrogens with one attached hydrogen (secondary N) is 2. The number of guanidine groups is 1. The number of carbonyl (C=O) groups is 1. The fraction of sp³-hybridized carbons (Fsp3) is 0.500. The zero-order valence-electron chi connectivity index (χ0n) is 16.0. The maximum absolute atomic E-state index is 12.1. The van der Waals surface area contributed by atoms with Crippen LogP contribution in [-0.2, 0) is 16.1 Å². The van der Waals surface area contributed by atoms with Gasteiger partial charge >= 0.3 is 5.97 Å². The molecule has 0 saturated carbocycles. The molecule has 2 heterocycles. The number of hydrogen-bond acceptors (Lipinski definition) is 3. The molecule has 1 aromatic heterocycles. The number of piperidine rings is 1. The quantitative estimate of drug-likeness (QED) is 0.295. The van der Waals surface area contributed by atoms with Gasteiger partial charge in [-0.15, -0.1) is 24.0 Å². The summed E-state index contributed by atoms with van der Waals surface area (Å²) in [5.41, 5.74) is 2.21. The van der Waals surface area contributed by atoms with Crippen molar-refractivity contribution in [1.29, 1.82) is 0 Å². The summed E-state index contributed by atoms with van der Waals surface area (Å²) < 4.78 is 5.20. The number of carbonyl (C=O) groups excluding carboxylic acids is 1. The zero-order chi connectivity index (χ0) is 18.4. The van der Waals surface area contributed by atoms with E-state index in [1.54, 1.807) is 0 Å². The lowest BCUT2D eigenvalue weighted by Gasteiger charge is -2.34. The first kappa shape index (κ1) is 21.5. The van der Waals surface area contributed by atoms with Crippen LogP contribution in [0.25, 0.3) is 10.9 Å². The Morgan fingerprint density at radius 3 is 2.93 bits per heavy atom. The van der Waals surface area contributed by atoms with Gasteiger partial charge in [0.1, 0.15) is 0 Å². The van der Waals surface area contributed by atoms with Gasteiger partial charge in [0.15, 0.2) is 5.96 Å². The van der Waals surface area contributed by atoms with Crippen molar-refractivity contribution in [3.63, 3.8) is 0 Å². The number of benzene rings is 1. The molecule has 0 amide bonds. The van der Waals surface area contributed by atoms with Crippen LogP contribution in [0.5, 0.6) is 0 Å². The van der Waals surface area contributed by atoms with E-state index in [4.69, 9.17) is 9.73 Å². The number of fused-ring (bicyclic) bond motifs is 1. The number of aromatic amines is 1. The molecule has 7 heteroatoms. The molecule has 6 nitrogen and oxygen atoms in total. The first-order valence-electron chi connectivity index (χ1n) is 9.47. The molecule has 1 atom stereocenters. The molecule has 1 saturated heterocycles. The number of rotatable bonds is 5. The topological polar surface area (TPSA) is 69.7 Å². The largest absolute Gasteiger partial charge is 0.466 e. The fourth-order valence-electron chi connectivity index (χ4n) is 3.43. The molecule has 0 radical (unpaired) electrons. The van der Waals surface area contributed by atoms with Gasteiger partial charge < -0.3 is 19.9 Å². The minimum absolute atomic E-state index is 0. The molecular formula is C20H29IN4O2. The highest BCUT2D eigenvalue weighted by Gasteiger charge is 2.28. The first-order chi connectivity index (χ1) is 12.7. The molecule has 148 valence electrons. The molecule has 1 aliphatic rings. The third kappa shape index (κ3) is 5.60. The lowest BCUT2D eigenvalue weighted by atomic mass is 9.98. The van der Waals surface area contributed by atoms with Crippen molar-refractivity contribution in [3.8, 4) is 0 Å². The molecule has 2 N–H and O–H groups in total. The van der Waals surface area contributed by atoms with E-state index in [9.17, 15) is 4.79 Å². The van der Waals surface area contributed by atoms with E-state index < -0.39 is 0 Å². The highest BCUT2D eigenvalue weighted by molar-refractivity contribution is 14.0. The number of aliphatic imine (C=N–C) groups is 1. The Kier molecular flexibility index (Phi) is 8.40. The number of esters is 1. The van der Waals surface area contributed by atoms with Gasteiger partial charge in [0, 0.05) is 30.8 Å². The third-order valence-electron chi connectivity index (χ3n) is 4.66. The van der Waals surface area contributed by atoms with Crippen molar-refractivity contribution in [1.82, 2.24) is 15.2 Å². The average molecular weight is 484 g/mol. The predicted molar refractivity (Wildman–Crippen MR) is 119 cm³/mol. The SMILES string of the molecule is CCNC(=NCc1cc2ccccc2[nH]1)N1CCCC(C(=O)OCC)C1.I. The third-order valence-corrected chi connectivity index (χ3v) is 4.66. The van der Waals surface area contributed by atoms with Crippen LogP contribution >= 0.6 is 24.0 Å². The summed E-state index contributed by atoms with van der Waals surface area (Å²) in [6.07, 6.45) is 1.86. The summed E-state index contributed by atoms with van der Waals surface area (Å²) in [6, 6.07) is 10.4. The summed E-state index contributed by atoms with van der Waals surface area (Å²) in [7, 11) is 0. The van der Waals surface area contributed by atoms with Crippen molar-refractivity contribution in [2.45, 2.75) is 33.2 Å². The number of likely N-dealkylation sites (tertiary alicyclic amines) is 1. The van der Waals surface area contributed by atoms with E-state index in [1.807, 2.05) is 19.1 Å². The van der Waals surface area contributed by atoms with Crippen molar-refractivity contribution in [3.05, 3.63) is 36.0 Å². The number of para-hydroxylation sites is 1. The van der Waals surface area contributed by atoms with Gasteiger partial charge in [0.2, 0.25) is 0 Å². The number of ether oxygens (including phenoxy) is 1. The predicted octanol–water partition coefficient (Wildman–Crippen LogP) is 3.53. The number of hydrogen-bond donors (Lipinski definition) is 2. The van der Waals surface area contributed by atoms with Crippen LogP contribution in [0.1, 0.15) is 32.4 Å². The lowest BCUT2D eigenvalue weighted by Crippen LogP contribution is -2.48. The number of halogens is 1. The Hall–Kier alpha value is -1.77. The Morgan fingerprint density at radius 1 is 1.37 bits per heavy atom. The monoisotopic (exact) mass is 484 g/mol. The van der Waals surface area contributed by atoms with Gasteiger partial charge in [-0.2, -0.15) is 0 Å². The summed E-state index contributed by atoms with van der Waals surface area (Å²) in [6.45, 7) is 7.30. The standard InChI is InChI=1S/C20H28N4O2.HI/c1-3-21-20(24-11-7-9-16(14-24)19(25)26-4-2)22-13-17-12-15-8-5-6-10-18(15)23-17;/h5-6,8,10,12,16,23H,3-4,7,9,11,13-14H2,1-2H3,(H,21,22);1H. The van der Waals surface area contributed by atoms with Crippen LogP contribution in [0.2, 0.25) is 0 Å². The number of H-pyrrole nitrogens is 1. The molecule has 27 heavy (non-hydrogen) atoms. The molecule has 1 unspecified atom stereocenters. The van der Waals surface area contributed by atoms with E-state index in [-0.39, 0.29) is 35.9 Å². The molecule has 3 rings (SSSR count). The van der Waals surface area contributed by atoms with E-state index in [0.717, 1.165) is 43.1 Å². The van der Waals surface area contributed by atoms with Crippen LogP contribution in [-0.4, -0.2) is 48.1 Å². The van der Waals surface area contributed by atoms with Crippen molar-refractivity contribution < 1.29 is 9.53 Å². The van der Waals surface area contributed by atoms with Crippen LogP contribution < -0.4 is 5.32 Å². The first-order valence-corrected chi connectivity index (χ1v) is 9.47. The van der Waals surface area contributed by atoms with E-state index in [1.165, 1.54) is 5.39 Å². The average Bonchev–Trinajstić information content (AvgIpc) is 3.08. The molecule has 1 aliphatic heterocycles. The van der Waals surface area contributed by atoms with E-state index in [0.29, 0.717) is 19.7 Å². The molecule has 0 aliphatic carbocycles. The van der Waals surface area contributed by atoms with Crippen LogP contribution in [0.15, 0.2) is 35.3 Å². The minimum Gasteiger partial charge on any atom is -0.466 e. The summed E-state index contributed by atoms with van der Waals surface area (Å²) in [4.78, 5) is 22.5. The van der Waals surface area contributed by atoms with Gasteiger partial charge in [0.05, 0.1) is 19.1 Å². The van der Waals surface area contributed by atoms with Crippen molar-refractivity contribution >= 4 is 46.8 Å².